The van der Waals surface area contributed by atoms with Gasteiger partial charge in [0, 0.05) is 18.8 Å². The topological polar surface area (TPSA) is 61.4 Å². The minimum absolute atomic E-state index is 0.0477. The Labute approximate surface area is 128 Å². The average molecular weight is 301 g/mol. The minimum Gasteiger partial charge on any atom is -0.372 e. The molecule has 3 rings (SSSR count). The van der Waals surface area contributed by atoms with Gasteiger partial charge in [0.1, 0.15) is 5.57 Å². The number of nitrogens with one attached hydrogen (secondary N) is 2. The normalized spacial score (nSPS) is 18.6. The van der Waals surface area contributed by atoms with Gasteiger partial charge >= 0.3 is 0 Å². The van der Waals surface area contributed by atoms with E-state index in [1.165, 1.54) is 18.5 Å². The molecule has 0 saturated carbocycles. The molecule has 0 aliphatic carbocycles. The third kappa shape index (κ3) is 2.95. The Balaban J connectivity index is 1.80. The van der Waals surface area contributed by atoms with Gasteiger partial charge in [0.15, 0.2) is 5.11 Å². The van der Waals surface area contributed by atoms with E-state index in [-0.39, 0.29) is 10.7 Å². The number of rotatable bonds is 2. The van der Waals surface area contributed by atoms with Crippen LogP contribution in [-0.2, 0) is 9.59 Å². The second-order valence-corrected chi connectivity index (χ2v) is 5.49. The van der Waals surface area contributed by atoms with E-state index in [1.54, 1.807) is 6.08 Å². The van der Waals surface area contributed by atoms with Gasteiger partial charge in [-0.25, -0.2) is 0 Å². The van der Waals surface area contributed by atoms with Gasteiger partial charge in [-0.2, -0.15) is 0 Å². The molecule has 2 fully saturated rings. The number of amides is 2. The summed E-state index contributed by atoms with van der Waals surface area (Å²) in [6.45, 7) is 2.17. The standard InChI is InChI=1S/C15H15N3O2S/c19-13-12(14(20)17-15(21)16-13)9-10-3-5-11(6-4-10)18-7-1-2-8-18/h3-6,9H,1-2,7-8H2,(H2,16,17,19,20,21). The third-order valence-electron chi connectivity index (χ3n) is 3.62. The molecule has 0 bridgehead atoms. The van der Waals surface area contributed by atoms with Crippen molar-refractivity contribution in [3.05, 3.63) is 35.4 Å². The first-order valence-electron chi connectivity index (χ1n) is 6.87. The monoisotopic (exact) mass is 301 g/mol. The molecule has 0 atom stereocenters. The molecule has 2 aliphatic heterocycles. The molecule has 21 heavy (non-hydrogen) atoms. The predicted octanol–water partition coefficient (Wildman–Crippen LogP) is 1.20. The molecule has 2 saturated heterocycles. The van der Waals surface area contributed by atoms with E-state index in [0.29, 0.717) is 0 Å². The fourth-order valence-electron chi connectivity index (χ4n) is 2.53. The van der Waals surface area contributed by atoms with Crippen LogP contribution in [0.5, 0.6) is 0 Å². The van der Waals surface area contributed by atoms with E-state index in [1.807, 2.05) is 24.3 Å². The minimum atomic E-state index is -0.465. The van der Waals surface area contributed by atoms with Crippen LogP contribution in [0.2, 0.25) is 0 Å². The number of anilines is 1. The SMILES string of the molecule is O=C1NC(=S)NC(=O)C1=Cc1ccc(N2CCCC2)cc1. The van der Waals surface area contributed by atoms with Crippen LogP contribution in [0.4, 0.5) is 5.69 Å². The summed E-state index contributed by atoms with van der Waals surface area (Å²) in [6, 6.07) is 7.85. The molecule has 1 aromatic carbocycles. The third-order valence-corrected chi connectivity index (χ3v) is 3.82. The van der Waals surface area contributed by atoms with Crippen molar-refractivity contribution in [3.8, 4) is 0 Å². The lowest BCUT2D eigenvalue weighted by Crippen LogP contribution is -2.51. The Bertz CT molecular complexity index is 609. The van der Waals surface area contributed by atoms with Crippen molar-refractivity contribution in [1.29, 1.82) is 0 Å². The summed E-state index contributed by atoms with van der Waals surface area (Å²) in [4.78, 5) is 25.8. The van der Waals surface area contributed by atoms with E-state index in [0.717, 1.165) is 18.7 Å². The summed E-state index contributed by atoms with van der Waals surface area (Å²) in [5.74, 6) is -0.931. The summed E-state index contributed by atoms with van der Waals surface area (Å²) in [6.07, 6.45) is 4.03. The first kappa shape index (κ1) is 13.8. The zero-order chi connectivity index (χ0) is 14.8. The lowest BCUT2D eigenvalue weighted by Gasteiger charge is -2.18. The van der Waals surface area contributed by atoms with Gasteiger partial charge in [-0.1, -0.05) is 12.1 Å². The molecule has 108 valence electrons. The first-order valence-corrected chi connectivity index (χ1v) is 7.28. The van der Waals surface area contributed by atoms with E-state index in [4.69, 9.17) is 12.2 Å². The number of hydrogen-bond acceptors (Lipinski definition) is 4. The maximum atomic E-state index is 11.8. The molecule has 0 unspecified atom stereocenters. The van der Waals surface area contributed by atoms with Gasteiger partial charge in [-0.3, -0.25) is 20.2 Å². The zero-order valence-electron chi connectivity index (χ0n) is 11.4. The maximum Gasteiger partial charge on any atom is 0.263 e. The van der Waals surface area contributed by atoms with Crippen LogP contribution in [0.15, 0.2) is 29.8 Å². The molecule has 0 spiro atoms. The van der Waals surface area contributed by atoms with E-state index < -0.39 is 11.8 Å². The van der Waals surface area contributed by atoms with Crippen LogP contribution in [0.25, 0.3) is 6.08 Å². The van der Waals surface area contributed by atoms with Crippen LogP contribution in [0.3, 0.4) is 0 Å². The highest BCUT2D eigenvalue weighted by Crippen LogP contribution is 2.21. The second-order valence-electron chi connectivity index (χ2n) is 5.08. The predicted molar refractivity (Wildman–Crippen MR) is 84.7 cm³/mol. The van der Waals surface area contributed by atoms with Crippen LogP contribution in [0.1, 0.15) is 18.4 Å². The smallest absolute Gasteiger partial charge is 0.263 e. The maximum absolute atomic E-state index is 11.8. The fraction of sp³-hybridized carbons (Fsp3) is 0.267. The summed E-state index contributed by atoms with van der Waals surface area (Å²) < 4.78 is 0. The van der Waals surface area contributed by atoms with Gasteiger partial charge in [-0.15, -0.1) is 0 Å². The molecule has 5 nitrogen and oxygen atoms in total. The van der Waals surface area contributed by atoms with E-state index >= 15 is 0 Å². The van der Waals surface area contributed by atoms with Crippen molar-refractivity contribution < 1.29 is 9.59 Å². The van der Waals surface area contributed by atoms with Crippen molar-refractivity contribution in [2.45, 2.75) is 12.8 Å². The molecule has 2 heterocycles. The van der Waals surface area contributed by atoms with Gasteiger partial charge in [0.2, 0.25) is 0 Å². The van der Waals surface area contributed by atoms with Crippen molar-refractivity contribution >= 4 is 40.9 Å². The van der Waals surface area contributed by atoms with Crippen molar-refractivity contribution in [2.75, 3.05) is 18.0 Å². The Morgan fingerprint density at radius 1 is 1.00 bits per heavy atom. The fourth-order valence-corrected chi connectivity index (χ4v) is 2.72. The first-order chi connectivity index (χ1) is 10.1. The van der Waals surface area contributed by atoms with Crippen LogP contribution < -0.4 is 15.5 Å². The average Bonchev–Trinajstić information content (AvgIpc) is 2.97. The van der Waals surface area contributed by atoms with Gasteiger partial charge in [0.05, 0.1) is 0 Å². The quantitative estimate of drug-likeness (QED) is 0.489. The Morgan fingerprint density at radius 2 is 1.57 bits per heavy atom. The van der Waals surface area contributed by atoms with Crippen molar-refractivity contribution in [3.63, 3.8) is 0 Å². The largest absolute Gasteiger partial charge is 0.372 e. The Morgan fingerprint density at radius 3 is 2.14 bits per heavy atom. The highest BCUT2D eigenvalue weighted by molar-refractivity contribution is 7.80. The van der Waals surface area contributed by atoms with Crippen molar-refractivity contribution in [2.24, 2.45) is 0 Å². The summed E-state index contributed by atoms with van der Waals surface area (Å²) in [5, 5.41) is 4.89. The lowest BCUT2D eigenvalue weighted by atomic mass is 10.1. The highest BCUT2D eigenvalue weighted by Gasteiger charge is 2.25. The molecule has 6 heteroatoms. The van der Waals surface area contributed by atoms with Crippen LogP contribution in [-0.4, -0.2) is 30.0 Å². The molecule has 2 aliphatic rings. The summed E-state index contributed by atoms with van der Waals surface area (Å²) in [7, 11) is 0. The van der Waals surface area contributed by atoms with E-state index in [9.17, 15) is 9.59 Å². The number of thiocarbonyl (C=S) groups is 1. The molecule has 2 N–H and O–H groups in total. The number of carbonyl (C=O) groups is 2. The summed E-state index contributed by atoms with van der Waals surface area (Å²) in [5.41, 5.74) is 2.05. The zero-order valence-corrected chi connectivity index (χ0v) is 12.2. The Hall–Kier alpha value is -2.21. The van der Waals surface area contributed by atoms with Gasteiger partial charge < -0.3 is 4.90 Å². The molecule has 2 amide bonds. The second kappa shape index (κ2) is 5.65. The molecule has 0 aromatic heterocycles. The van der Waals surface area contributed by atoms with E-state index in [2.05, 4.69) is 15.5 Å². The van der Waals surface area contributed by atoms with Crippen LogP contribution >= 0.6 is 12.2 Å². The van der Waals surface area contributed by atoms with Gasteiger partial charge in [0.25, 0.3) is 11.8 Å². The highest BCUT2D eigenvalue weighted by atomic mass is 32.1. The number of benzene rings is 1. The number of nitrogens with zero attached hydrogens (tertiary/aromatic N) is 1. The van der Waals surface area contributed by atoms with Gasteiger partial charge in [-0.05, 0) is 48.8 Å². The molecular weight excluding hydrogens is 286 g/mol. The Kier molecular flexibility index (Phi) is 3.70. The lowest BCUT2D eigenvalue weighted by molar-refractivity contribution is -0.123. The molecular formula is C15H15N3O2S. The van der Waals surface area contributed by atoms with Crippen LogP contribution in [0, 0.1) is 0 Å². The summed E-state index contributed by atoms with van der Waals surface area (Å²) >= 11 is 4.76. The molecule has 1 aromatic rings. The molecule has 0 radical (unpaired) electrons. The number of hydrogen-bond donors (Lipinski definition) is 2. The van der Waals surface area contributed by atoms with Crippen molar-refractivity contribution in [1.82, 2.24) is 10.6 Å². The number of carbonyl (C=O) groups excluding carboxylic acids is 2.